The second-order valence-corrected chi connectivity index (χ2v) is 10.7. The molecular formula is C39H29N3O. The van der Waals surface area contributed by atoms with Gasteiger partial charge in [0.1, 0.15) is 5.69 Å². The van der Waals surface area contributed by atoms with Gasteiger partial charge in [-0.15, -0.1) is 4.91 Å². The maximum Gasteiger partial charge on any atom is 0.110 e. The summed E-state index contributed by atoms with van der Waals surface area (Å²) < 4.78 is 0. The van der Waals surface area contributed by atoms with Gasteiger partial charge in [-0.3, -0.25) is 0 Å². The third-order valence-corrected chi connectivity index (χ3v) is 8.02. The van der Waals surface area contributed by atoms with E-state index >= 15 is 0 Å². The van der Waals surface area contributed by atoms with E-state index in [-0.39, 0.29) is 0 Å². The topological polar surface area (TPSA) is 35.9 Å². The fraction of sp³-hybridized carbons (Fsp3) is 0.0256. The first-order valence-corrected chi connectivity index (χ1v) is 14.3. The van der Waals surface area contributed by atoms with Gasteiger partial charge in [-0.1, -0.05) is 91.0 Å². The Morgan fingerprint density at radius 1 is 0.419 bits per heavy atom. The van der Waals surface area contributed by atoms with Crippen molar-refractivity contribution in [2.45, 2.75) is 0 Å². The highest BCUT2D eigenvalue weighted by atomic mass is 16.3. The van der Waals surface area contributed by atoms with E-state index in [2.05, 4.69) is 144 Å². The quantitative estimate of drug-likeness (QED) is 0.184. The molecule has 7 aromatic rings. The molecule has 0 spiro atoms. The molecule has 0 aliphatic heterocycles. The van der Waals surface area contributed by atoms with Gasteiger partial charge in [0.2, 0.25) is 0 Å². The molecule has 0 N–H and O–H groups in total. The van der Waals surface area contributed by atoms with E-state index in [0.29, 0.717) is 5.69 Å². The van der Waals surface area contributed by atoms with Gasteiger partial charge in [0.15, 0.2) is 0 Å². The van der Waals surface area contributed by atoms with Crippen molar-refractivity contribution >= 4 is 55.7 Å². The summed E-state index contributed by atoms with van der Waals surface area (Å²) in [5.41, 5.74) is 7.96. The highest BCUT2D eigenvalue weighted by Gasteiger charge is 2.14. The molecule has 0 unspecified atom stereocenters. The average molecular weight is 556 g/mol. The van der Waals surface area contributed by atoms with E-state index in [9.17, 15) is 4.91 Å². The number of hydrogen-bond acceptors (Lipinski definition) is 4. The van der Waals surface area contributed by atoms with Crippen LogP contribution in [0.3, 0.4) is 0 Å². The first-order chi connectivity index (χ1) is 21.2. The van der Waals surface area contributed by atoms with Crippen LogP contribution in [0, 0.1) is 4.91 Å². The third-order valence-electron chi connectivity index (χ3n) is 8.02. The normalized spacial score (nSPS) is 11.0. The van der Waals surface area contributed by atoms with Crippen molar-refractivity contribution in [3.05, 3.63) is 163 Å². The Morgan fingerprint density at radius 3 is 1.44 bits per heavy atom. The second-order valence-electron chi connectivity index (χ2n) is 10.7. The number of rotatable bonds is 7. The molecule has 0 fully saturated rings. The van der Waals surface area contributed by atoms with Gasteiger partial charge in [0.25, 0.3) is 0 Å². The number of anilines is 5. The van der Waals surface area contributed by atoms with Crippen LogP contribution in [0.2, 0.25) is 0 Å². The van der Waals surface area contributed by atoms with Gasteiger partial charge in [-0.05, 0) is 105 Å². The van der Waals surface area contributed by atoms with Crippen LogP contribution in [0.1, 0.15) is 0 Å². The molecule has 0 aliphatic carbocycles. The summed E-state index contributed by atoms with van der Waals surface area (Å²) in [6.45, 7) is 0. The predicted octanol–water partition coefficient (Wildman–Crippen LogP) is 11.3. The summed E-state index contributed by atoms with van der Waals surface area (Å²) in [4.78, 5) is 15.3. The number of nitrogens with zero attached hydrogens (tertiary/aromatic N) is 3. The van der Waals surface area contributed by atoms with Crippen LogP contribution in [-0.4, -0.2) is 7.05 Å². The lowest BCUT2D eigenvalue weighted by Crippen LogP contribution is -2.10. The molecule has 0 radical (unpaired) electrons. The fourth-order valence-corrected chi connectivity index (χ4v) is 5.67. The first kappa shape index (κ1) is 26.2. The van der Waals surface area contributed by atoms with Crippen molar-refractivity contribution in [2.75, 3.05) is 16.8 Å². The number of fused-ring (bicyclic) bond motifs is 2. The van der Waals surface area contributed by atoms with Gasteiger partial charge in [0, 0.05) is 35.5 Å². The highest BCUT2D eigenvalue weighted by Crippen LogP contribution is 2.38. The SMILES string of the molecule is CN(c1ccc(-c2ccc(N(c3ccc4ccccc4c3)c3ccc4ccccc4c3)cc2)cc1)c1cccc(N=O)c1. The van der Waals surface area contributed by atoms with E-state index in [1.807, 2.05) is 24.1 Å². The van der Waals surface area contributed by atoms with Crippen molar-refractivity contribution in [2.24, 2.45) is 5.18 Å². The minimum atomic E-state index is 0.419. The largest absolute Gasteiger partial charge is 0.345 e. The van der Waals surface area contributed by atoms with Crippen LogP contribution in [0.25, 0.3) is 32.7 Å². The Bertz CT molecular complexity index is 1990. The van der Waals surface area contributed by atoms with Crippen LogP contribution in [0.4, 0.5) is 34.1 Å². The van der Waals surface area contributed by atoms with Crippen molar-refractivity contribution in [1.29, 1.82) is 0 Å². The molecule has 0 aromatic heterocycles. The van der Waals surface area contributed by atoms with Crippen LogP contribution < -0.4 is 9.80 Å². The van der Waals surface area contributed by atoms with E-state index in [1.54, 1.807) is 12.1 Å². The Morgan fingerprint density at radius 2 is 0.907 bits per heavy atom. The molecule has 0 amide bonds. The summed E-state index contributed by atoms with van der Waals surface area (Å²) in [5.74, 6) is 0. The van der Waals surface area contributed by atoms with Crippen LogP contribution >= 0.6 is 0 Å². The van der Waals surface area contributed by atoms with Crippen LogP contribution in [-0.2, 0) is 0 Å². The lowest BCUT2D eigenvalue weighted by molar-refractivity contribution is 1.21. The zero-order valence-corrected chi connectivity index (χ0v) is 23.8. The molecular weight excluding hydrogens is 526 g/mol. The first-order valence-electron chi connectivity index (χ1n) is 14.3. The summed E-state index contributed by atoms with van der Waals surface area (Å²) in [6, 6.07) is 54.8. The van der Waals surface area contributed by atoms with Gasteiger partial charge in [-0.2, -0.15) is 0 Å². The summed E-state index contributed by atoms with van der Waals surface area (Å²) in [5, 5.41) is 7.93. The summed E-state index contributed by atoms with van der Waals surface area (Å²) >= 11 is 0. The molecule has 0 bridgehead atoms. The Balaban J connectivity index is 1.22. The van der Waals surface area contributed by atoms with Gasteiger partial charge in [-0.25, -0.2) is 0 Å². The van der Waals surface area contributed by atoms with Crippen molar-refractivity contribution < 1.29 is 0 Å². The van der Waals surface area contributed by atoms with E-state index < -0.39 is 0 Å². The molecule has 0 heterocycles. The molecule has 0 saturated heterocycles. The molecule has 7 rings (SSSR count). The maximum absolute atomic E-state index is 11.0. The monoisotopic (exact) mass is 555 g/mol. The van der Waals surface area contributed by atoms with E-state index in [1.165, 1.54) is 21.5 Å². The molecule has 0 aliphatic rings. The fourth-order valence-electron chi connectivity index (χ4n) is 5.67. The molecule has 0 atom stereocenters. The van der Waals surface area contributed by atoms with Gasteiger partial charge < -0.3 is 9.80 Å². The van der Waals surface area contributed by atoms with Crippen LogP contribution in [0.5, 0.6) is 0 Å². The van der Waals surface area contributed by atoms with Gasteiger partial charge >= 0.3 is 0 Å². The lowest BCUT2D eigenvalue weighted by Gasteiger charge is -2.26. The zero-order chi connectivity index (χ0) is 29.2. The maximum atomic E-state index is 11.0. The van der Waals surface area contributed by atoms with Crippen LogP contribution in [0.15, 0.2) is 163 Å². The molecule has 43 heavy (non-hydrogen) atoms. The van der Waals surface area contributed by atoms with E-state index in [0.717, 1.165) is 39.6 Å². The minimum absolute atomic E-state index is 0.419. The standard InChI is InChI=1S/C39H29N3O/c1-41(37-12-6-11-34(27-37)40-43)35-19-13-30(14-20-35)31-15-21-36(22-16-31)42(38-23-17-28-7-2-4-9-32(28)25-38)39-24-18-29-8-3-5-10-33(29)26-39/h2-27H,1H3. The summed E-state index contributed by atoms with van der Waals surface area (Å²) in [6.07, 6.45) is 0. The molecule has 4 nitrogen and oxygen atoms in total. The number of nitroso groups, excluding NO2 is 1. The Kier molecular flexibility index (Phi) is 6.86. The molecule has 4 heteroatoms. The third kappa shape index (κ3) is 5.22. The molecule has 206 valence electrons. The van der Waals surface area contributed by atoms with Crippen molar-refractivity contribution in [1.82, 2.24) is 0 Å². The minimum Gasteiger partial charge on any atom is -0.345 e. The second kappa shape index (κ2) is 11.3. The smallest absolute Gasteiger partial charge is 0.110 e. The number of benzene rings is 7. The average Bonchev–Trinajstić information content (AvgIpc) is 3.08. The molecule has 0 saturated carbocycles. The van der Waals surface area contributed by atoms with Crippen molar-refractivity contribution in [3.8, 4) is 11.1 Å². The van der Waals surface area contributed by atoms with Gasteiger partial charge in [0.05, 0.1) is 0 Å². The summed E-state index contributed by atoms with van der Waals surface area (Å²) in [7, 11) is 1.99. The van der Waals surface area contributed by atoms with E-state index in [4.69, 9.17) is 0 Å². The highest BCUT2D eigenvalue weighted by molar-refractivity contribution is 5.92. The van der Waals surface area contributed by atoms with Crippen molar-refractivity contribution in [3.63, 3.8) is 0 Å². The zero-order valence-electron chi connectivity index (χ0n) is 23.8. The number of hydrogen-bond donors (Lipinski definition) is 0. The Hall–Kier alpha value is -5.74. The molecule has 7 aromatic carbocycles. The predicted molar refractivity (Wildman–Crippen MR) is 182 cm³/mol. The lowest BCUT2D eigenvalue weighted by atomic mass is 10.0. The Labute approximate surface area is 251 Å².